The van der Waals surface area contributed by atoms with Crippen molar-refractivity contribution < 1.29 is 4.79 Å². The zero-order valence-electron chi connectivity index (χ0n) is 12.9. The van der Waals surface area contributed by atoms with Crippen LogP contribution in [0.2, 0.25) is 0 Å². The molecular formula is C15H20N6OS. The number of nitrogens with one attached hydrogen (secondary N) is 1. The molecule has 2 aliphatic rings. The highest BCUT2D eigenvalue weighted by Crippen LogP contribution is 2.56. The molecule has 1 saturated heterocycles. The highest BCUT2D eigenvalue weighted by molar-refractivity contribution is 7.07. The quantitative estimate of drug-likeness (QED) is 0.881. The summed E-state index contributed by atoms with van der Waals surface area (Å²) < 4.78 is 1.50. The molecule has 1 atom stereocenters. The van der Waals surface area contributed by atoms with Crippen molar-refractivity contribution in [3.8, 4) is 0 Å². The smallest absolute Gasteiger partial charge is 0.245 e. The highest BCUT2D eigenvalue weighted by atomic mass is 32.1. The van der Waals surface area contributed by atoms with Gasteiger partial charge in [-0.1, -0.05) is 0 Å². The first-order valence-corrected chi connectivity index (χ1v) is 8.93. The SMILES string of the molecule is O=C(Cn1cnnn1)N(Cc1ccsc1)[C@@H]1CC12CCNCC2. The molecule has 7 nitrogen and oxygen atoms in total. The van der Waals surface area contributed by atoms with Gasteiger partial charge in [0, 0.05) is 12.6 Å². The zero-order chi connectivity index (χ0) is 15.7. The lowest BCUT2D eigenvalue weighted by molar-refractivity contribution is -0.134. The first-order valence-electron chi connectivity index (χ1n) is 7.99. The van der Waals surface area contributed by atoms with E-state index in [0.29, 0.717) is 18.0 Å². The van der Waals surface area contributed by atoms with Crippen LogP contribution in [0.1, 0.15) is 24.8 Å². The number of rotatable bonds is 5. The summed E-state index contributed by atoms with van der Waals surface area (Å²) in [6, 6.07) is 2.45. The van der Waals surface area contributed by atoms with Crippen molar-refractivity contribution in [3.63, 3.8) is 0 Å². The Morgan fingerprint density at radius 1 is 1.48 bits per heavy atom. The van der Waals surface area contributed by atoms with E-state index in [4.69, 9.17) is 0 Å². The summed E-state index contributed by atoms with van der Waals surface area (Å²) in [5.74, 6) is 0.101. The number of hydrogen-bond donors (Lipinski definition) is 1. The number of carbonyl (C=O) groups is 1. The monoisotopic (exact) mass is 332 g/mol. The van der Waals surface area contributed by atoms with Gasteiger partial charge in [0.25, 0.3) is 0 Å². The molecule has 0 aromatic carbocycles. The molecule has 3 heterocycles. The minimum Gasteiger partial charge on any atom is -0.333 e. The van der Waals surface area contributed by atoms with Crippen LogP contribution < -0.4 is 5.32 Å². The predicted octanol–water partition coefficient (Wildman–Crippen LogP) is 0.905. The zero-order valence-corrected chi connectivity index (χ0v) is 13.7. The molecule has 0 bridgehead atoms. The van der Waals surface area contributed by atoms with E-state index in [-0.39, 0.29) is 12.5 Å². The van der Waals surface area contributed by atoms with E-state index in [2.05, 4.69) is 42.6 Å². The largest absolute Gasteiger partial charge is 0.333 e. The van der Waals surface area contributed by atoms with E-state index in [1.54, 1.807) is 11.3 Å². The van der Waals surface area contributed by atoms with Gasteiger partial charge in [-0.05, 0) is 70.6 Å². The Morgan fingerprint density at radius 3 is 3.04 bits per heavy atom. The maximum Gasteiger partial charge on any atom is 0.245 e. The van der Waals surface area contributed by atoms with Crippen LogP contribution in [0.3, 0.4) is 0 Å². The Hall–Kier alpha value is -1.80. The Morgan fingerprint density at radius 2 is 2.35 bits per heavy atom. The third-order valence-electron chi connectivity index (χ3n) is 5.06. The summed E-state index contributed by atoms with van der Waals surface area (Å²) in [5, 5.41) is 18.6. The molecule has 1 amide bonds. The van der Waals surface area contributed by atoms with Gasteiger partial charge in [0.1, 0.15) is 12.9 Å². The van der Waals surface area contributed by atoms with E-state index < -0.39 is 0 Å². The van der Waals surface area contributed by atoms with Gasteiger partial charge in [-0.2, -0.15) is 11.3 Å². The van der Waals surface area contributed by atoms with Crippen molar-refractivity contribution in [1.29, 1.82) is 0 Å². The molecule has 8 heteroatoms. The highest BCUT2D eigenvalue weighted by Gasteiger charge is 2.57. The van der Waals surface area contributed by atoms with Gasteiger partial charge < -0.3 is 10.2 Å². The molecule has 2 aromatic rings. The van der Waals surface area contributed by atoms with E-state index in [1.165, 1.54) is 16.6 Å². The lowest BCUT2D eigenvalue weighted by atomic mass is 9.93. The molecule has 122 valence electrons. The van der Waals surface area contributed by atoms with E-state index in [0.717, 1.165) is 32.4 Å². The Kier molecular flexibility index (Phi) is 3.86. The molecule has 23 heavy (non-hydrogen) atoms. The van der Waals surface area contributed by atoms with Crippen LogP contribution in [0.4, 0.5) is 0 Å². The molecular weight excluding hydrogens is 312 g/mol. The Balaban J connectivity index is 1.51. The van der Waals surface area contributed by atoms with Gasteiger partial charge in [-0.15, -0.1) is 5.10 Å². The van der Waals surface area contributed by atoms with Crippen LogP contribution >= 0.6 is 11.3 Å². The maximum atomic E-state index is 12.8. The average Bonchev–Trinajstić information content (AvgIpc) is 2.99. The van der Waals surface area contributed by atoms with Gasteiger partial charge >= 0.3 is 0 Å². The third-order valence-corrected chi connectivity index (χ3v) is 5.80. The van der Waals surface area contributed by atoms with E-state index in [9.17, 15) is 4.79 Å². The number of tetrazole rings is 1. The van der Waals surface area contributed by atoms with Gasteiger partial charge in [0.05, 0.1) is 0 Å². The summed E-state index contributed by atoms with van der Waals surface area (Å²) in [4.78, 5) is 14.9. The van der Waals surface area contributed by atoms with Crippen LogP contribution in [0.25, 0.3) is 0 Å². The Bertz CT molecular complexity index is 650. The third kappa shape index (κ3) is 3.00. The van der Waals surface area contributed by atoms with Gasteiger partial charge in [-0.25, -0.2) is 4.68 Å². The van der Waals surface area contributed by atoms with Gasteiger partial charge in [0.15, 0.2) is 0 Å². The van der Waals surface area contributed by atoms with Gasteiger partial charge in [-0.3, -0.25) is 4.79 Å². The molecule has 4 rings (SSSR count). The lowest BCUT2D eigenvalue weighted by Gasteiger charge is -2.29. The first-order chi connectivity index (χ1) is 11.3. The minimum atomic E-state index is 0.101. The van der Waals surface area contributed by atoms with E-state index >= 15 is 0 Å². The van der Waals surface area contributed by atoms with Crippen LogP contribution in [0.5, 0.6) is 0 Å². The molecule has 2 aromatic heterocycles. The number of amides is 1. The van der Waals surface area contributed by atoms with Crippen molar-refractivity contribution in [2.45, 2.75) is 38.4 Å². The van der Waals surface area contributed by atoms with Crippen molar-refractivity contribution in [2.24, 2.45) is 5.41 Å². The molecule has 1 aliphatic carbocycles. The average molecular weight is 332 g/mol. The number of aromatic nitrogens is 4. The van der Waals surface area contributed by atoms with Crippen molar-refractivity contribution in [1.82, 2.24) is 30.4 Å². The normalized spacial score (nSPS) is 22.2. The first kappa shape index (κ1) is 14.8. The molecule has 1 N–H and O–H groups in total. The fourth-order valence-corrected chi connectivity index (χ4v) is 4.32. The Labute approximate surface area is 138 Å². The van der Waals surface area contributed by atoms with Crippen LogP contribution in [0, 0.1) is 5.41 Å². The van der Waals surface area contributed by atoms with Crippen molar-refractivity contribution in [3.05, 3.63) is 28.7 Å². The second-order valence-electron chi connectivity index (χ2n) is 6.49. The second kappa shape index (κ2) is 6.01. The molecule has 2 fully saturated rings. The second-order valence-corrected chi connectivity index (χ2v) is 7.27. The number of nitrogens with zero attached hydrogens (tertiary/aromatic N) is 5. The summed E-state index contributed by atoms with van der Waals surface area (Å²) in [7, 11) is 0. The number of piperidine rings is 1. The standard InChI is InChI=1S/C15H20N6OS/c22-14(9-20-11-17-18-19-20)21(8-12-1-6-23-10-12)13-7-15(13)2-4-16-5-3-15/h1,6,10-11,13,16H,2-5,7-9H2/t13-/m1/s1. The number of hydrogen-bond acceptors (Lipinski definition) is 6. The predicted molar refractivity (Wildman–Crippen MR) is 85.6 cm³/mol. The summed E-state index contributed by atoms with van der Waals surface area (Å²) in [6.07, 6.45) is 4.94. The van der Waals surface area contributed by atoms with E-state index in [1.807, 2.05) is 0 Å². The van der Waals surface area contributed by atoms with Gasteiger partial charge in [0.2, 0.25) is 5.91 Å². The van der Waals surface area contributed by atoms with Crippen LogP contribution in [0.15, 0.2) is 23.2 Å². The number of carbonyl (C=O) groups excluding carboxylic acids is 1. The van der Waals surface area contributed by atoms with Crippen LogP contribution in [-0.2, 0) is 17.9 Å². The molecule has 1 aliphatic heterocycles. The summed E-state index contributed by atoms with van der Waals surface area (Å²) in [5.41, 5.74) is 1.54. The summed E-state index contributed by atoms with van der Waals surface area (Å²) in [6.45, 7) is 3.01. The number of thiophene rings is 1. The summed E-state index contributed by atoms with van der Waals surface area (Å²) >= 11 is 1.67. The minimum absolute atomic E-state index is 0.101. The molecule has 0 radical (unpaired) electrons. The topological polar surface area (TPSA) is 75.9 Å². The van der Waals surface area contributed by atoms with Crippen molar-refractivity contribution in [2.75, 3.05) is 13.1 Å². The van der Waals surface area contributed by atoms with Crippen LogP contribution in [-0.4, -0.2) is 50.1 Å². The maximum absolute atomic E-state index is 12.8. The fraction of sp³-hybridized carbons (Fsp3) is 0.600. The van der Waals surface area contributed by atoms with Crippen molar-refractivity contribution >= 4 is 17.2 Å². The molecule has 1 saturated carbocycles. The fourth-order valence-electron chi connectivity index (χ4n) is 3.66. The molecule has 0 unspecified atom stereocenters. The lowest BCUT2D eigenvalue weighted by Crippen LogP contribution is -2.40. The molecule has 1 spiro atoms.